The van der Waals surface area contributed by atoms with Gasteiger partial charge in [-0.25, -0.2) is 13.8 Å². The van der Waals surface area contributed by atoms with Crippen LogP contribution in [0.2, 0.25) is 0 Å². The number of carbonyl (C=O) groups excluding carboxylic acids is 1. The second-order valence-electron chi connectivity index (χ2n) is 3.92. The zero-order valence-electron chi connectivity index (χ0n) is 10.8. The summed E-state index contributed by atoms with van der Waals surface area (Å²) in [4.78, 5) is 17.1. The molecule has 1 amide bonds. The molecule has 0 aliphatic carbocycles. The van der Waals surface area contributed by atoms with Crippen molar-refractivity contribution in [2.24, 2.45) is 0 Å². The van der Waals surface area contributed by atoms with Crippen molar-refractivity contribution in [3.8, 4) is 0 Å². The molecule has 19 heavy (non-hydrogen) atoms. The third-order valence-corrected chi connectivity index (χ3v) is 3.33. The Bertz CT molecular complexity index is 414. The first-order valence-corrected chi connectivity index (χ1v) is 6.73. The second kappa shape index (κ2) is 7.46. The van der Waals surface area contributed by atoms with Gasteiger partial charge in [-0.3, -0.25) is 9.69 Å². The molecule has 0 aliphatic rings. The van der Waals surface area contributed by atoms with Crippen molar-refractivity contribution in [1.82, 2.24) is 10.3 Å². The molecule has 0 saturated carbocycles. The molecule has 108 valence electrons. The lowest BCUT2D eigenvalue weighted by Crippen LogP contribution is -2.32. The molecule has 1 aromatic heterocycles. The van der Waals surface area contributed by atoms with Crippen LogP contribution in [0.5, 0.6) is 0 Å². The summed E-state index contributed by atoms with van der Waals surface area (Å²) in [6, 6.07) is 0. The zero-order chi connectivity index (χ0) is 14.4. The number of thiazole rings is 1. The van der Waals surface area contributed by atoms with Crippen molar-refractivity contribution in [2.75, 3.05) is 18.0 Å². The maximum Gasteiger partial charge on any atom is 0.265 e. The van der Waals surface area contributed by atoms with E-state index in [9.17, 15) is 13.6 Å². The number of aliphatic hydroxyl groups is 1. The summed E-state index contributed by atoms with van der Waals surface area (Å²) in [5, 5.41) is 14.0. The predicted octanol–water partition coefficient (Wildman–Crippen LogP) is 1.23. The fourth-order valence-corrected chi connectivity index (χ4v) is 2.36. The molecule has 1 rings (SSSR count). The standard InChI is InChI=1S/C11H17F2N3O2S/c1-3-16(7(2)17)11-15-8(6-19-11)4-14-5-9(18)10(12)13/h6,9-10,14,18H,3-5H2,1-2H3. The SMILES string of the molecule is CCN(C(C)=O)c1nc(CNCC(O)C(F)F)cs1. The molecule has 0 aliphatic heterocycles. The van der Waals surface area contributed by atoms with E-state index in [0.29, 0.717) is 17.4 Å². The van der Waals surface area contributed by atoms with Gasteiger partial charge in [-0.05, 0) is 6.92 Å². The molecule has 0 radical (unpaired) electrons. The molecule has 0 saturated heterocycles. The average Bonchev–Trinajstić information content (AvgIpc) is 2.77. The Morgan fingerprint density at radius 1 is 1.63 bits per heavy atom. The van der Waals surface area contributed by atoms with Crippen molar-refractivity contribution in [1.29, 1.82) is 0 Å². The Labute approximate surface area is 114 Å². The topological polar surface area (TPSA) is 65.5 Å². The van der Waals surface area contributed by atoms with E-state index in [1.165, 1.54) is 23.2 Å². The average molecular weight is 293 g/mol. The molecular weight excluding hydrogens is 276 g/mol. The van der Waals surface area contributed by atoms with Crippen LogP contribution in [0.3, 0.4) is 0 Å². The molecule has 0 spiro atoms. The Hall–Kier alpha value is -1.12. The number of amides is 1. The highest BCUT2D eigenvalue weighted by Crippen LogP contribution is 2.20. The van der Waals surface area contributed by atoms with Gasteiger partial charge in [0, 0.05) is 31.9 Å². The monoisotopic (exact) mass is 293 g/mol. The van der Waals surface area contributed by atoms with E-state index < -0.39 is 12.5 Å². The Morgan fingerprint density at radius 3 is 2.84 bits per heavy atom. The van der Waals surface area contributed by atoms with E-state index in [2.05, 4.69) is 10.3 Å². The number of alkyl halides is 2. The Balaban J connectivity index is 2.49. The quantitative estimate of drug-likeness (QED) is 0.793. The normalized spacial score (nSPS) is 12.7. The minimum atomic E-state index is -2.76. The van der Waals surface area contributed by atoms with Crippen LogP contribution in [0.4, 0.5) is 13.9 Å². The van der Waals surface area contributed by atoms with Crippen LogP contribution < -0.4 is 10.2 Å². The van der Waals surface area contributed by atoms with E-state index >= 15 is 0 Å². The maximum atomic E-state index is 12.1. The van der Waals surface area contributed by atoms with Gasteiger partial charge in [-0.2, -0.15) is 0 Å². The number of halogens is 2. The largest absolute Gasteiger partial charge is 0.386 e. The predicted molar refractivity (Wildman–Crippen MR) is 69.5 cm³/mol. The molecule has 1 aromatic rings. The highest BCUT2D eigenvalue weighted by molar-refractivity contribution is 7.14. The molecule has 8 heteroatoms. The number of rotatable bonds is 7. The smallest absolute Gasteiger partial charge is 0.265 e. The number of anilines is 1. The molecule has 1 heterocycles. The van der Waals surface area contributed by atoms with Crippen LogP contribution in [0.15, 0.2) is 5.38 Å². The number of nitrogens with zero attached hydrogens (tertiary/aromatic N) is 2. The van der Waals surface area contributed by atoms with Gasteiger partial charge < -0.3 is 10.4 Å². The molecule has 1 atom stereocenters. The number of aliphatic hydroxyl groups excluding tert-OH is 1. The summed E-state index contributed by atoms with van der Waals surface area (Å²) < 4.78 is 24.1. The van der Waals surface area contributed by atoms with Crippen LogP contribution in [0.1, 0.15) is 19.5 Å². The number of nitrogens with one attached hydrogen (secondary N) is 1. The lowest BCUT2D eigenvalue weighted by molar-refractivity contribution is -0.116. The van der Waals surface area contributed by atoms with Crippen molar-refractivity contribution >= 4 is 22.4 Å². The molecule has 0 bridgehead atoms. The van der Waals surface area contributed by atoms with Crippen LogP contribution >= 0.6 is 11.3 Å². The molecule has 0 fully saturated rings. The van der Waals surface area contributed by atoms with E-state index in [4.69, 9.17) is 5.11 Å². The van der Waals surface area contributed by atoms with Gasteiger partial charge in [0.2, 0.25) is 5.91 Å². The summed E-state index contributed by atoms with van der Waals surface area (Å²) in [7, 11) is 0. The number of carbonyl (C=O) groups is 1. The van der Waals surface area contributed by atoms with Crippen LogP contribution in [-0.4, -0.2) is 41.6 Å². The van der Waals surface area contributed by atoms with Crippen molar-refractivity contribution in [3.05, 3.63) is 11.1 Å². The van der Waals surface area contributed by atoms with Gasteiger partial charge in [-0.1, -0.05) is 0 Å². The molecule has 1 unspecified atom stereocenters. The first-order chi connectivity index (χ1) is 8.95. The third kappa shape index (κ3) is 4.81. The lowest BCUT2D eigenvalue weighted by Gasteiger charge is -2.14. The fourth-order valence-electron chi connectivity index (χ4n) is 1.43. The number of aromatic nitrogens is 1. The summed E-state index contributed by atoms with van der Waals surface area (Å²) in [6.07, 6.45) is -4.44. The first kappa shape index (κ1) is 15.9. The van der Waals surface area contributed by atoms with Crippen molar-refractivity contribution < 1.29 is 18.7 Å². The summed E-state index contributed by atoms with van der Waals surface area (Å²) in [5.74, 6) is -0.0931. The maximum absolute atomic E-state index is 12.1. The summed E-state index contributed by atoms with van der Waals surface area (Å²) in [6.45, 7) is 3.91. The van der Waals surface area contributed by atoms with Crippen molar-refractivity contribution in [2.45, 2.75) is 32.9 Å². The third-order valence-electron chi connectivity index (χ3n) is 2.42. The lowest BCUT2D eigenvalue weighted by atomic mass is 10.3. The van der Waals surface area contributed by atoms with E-state index in [1.54, 1.807) is 5.38 Å². The van der Waals surface area contributed by atoms with Crippen LogP contribution in [0, 0.1) is 0 Å². The van der Waals surface area contributed by atoms with Gasteiger partial charge >= 0.3 is 0 Å². The van der Waals surface area contributed by atoms with Crippen LogP contribution in [0.25, 0.3) is 0 Å². The van der Waals surface area contributed by atoms with E-state index in [0.717, 1.165) is 0 Å². The van der Waals surface area contributed by atoms with Gasteiger partial charge in [0.25, 0.3) is 6.43 Å². The fraction of sp³-hybridized carbons (Fsp3) is 0.636. The van der Waals surface area contributed by atoms with Crippen molar-refractivity contribution in [3.63, 3.8) is 0 Å². The number of hydrogen-bond acceptors (Lipinski definition) is 5. The van der Waals surface area contributed by atoms with E-state index in [1.807, 2.05) is 6.92 Å². The molecular formula is C11H17F2N3O2S. The van der Waals surface area contributed by atoms with Crippen LogP contribution in [-0.2, 0) is 11.3 Å². The highest BCUT2D eigenvalue weighted by Gasteiger charge is 2.16. The summed E-state index contributed by atoms with van der Waals surface area (Å²) >= 11 is 1.32. The summed E-state index contributed by atoms with van der Waals surface area (Å²) in [5.41, 5.74) is 0.654. The Kier molecular flexibility index (Phi) is 6.26. The zero-order valence-corrected chi connectivity index (χ0v) is 11.6. The van der Waals surface area contributed by atoms with Gasteiger partial charge in [0.05, 0.1) is 5.69 Å². The van der Waals surface area contributed by atoms with Gasteiger partial charge in [0.15, 0.2) is 5.13 Å². The van der Waals surface area contributed by atoms with Gasteiger partial charge in [0.1, 0.15) is 6.10 Å². The second-order valence-corrected chi connectivity index (χ2v) is 4.75. The Morgan fingerprint density at radius 2 is 2.32 bits per heavy atom. The minimum absolute atomic E-state index is 0.0931. The number of hydrogen-bond donors (Lipinski definition) is 2. The molecule has 2 N–H and O–H groups in total. The molecule has 5 nitrogen and oxygen atoms in total. The van der Waals surface area contributed by atoms with Gasteiger partial charge in [-0.15, -0.1) is 11.3 Å². The first-order valence-electron chi connectivity index (χ1n) is 5.85. The highest BCUT2D eigenvalue weighted by atomic mass is 32.1. The molecule has 0 aromatic carbocycles. The minimum Gasteiger partial charge on any atom is -0.386 e. The van der Waals surface area contributed by atoms with E-state index in [-0.39, 0.29) is 19.0 Å².